The third-order valence-electron chi connectivity index (χ3n) is 8.00. The predicted molar refractivity (Wildman–Crippen MR) is 118 cm³/mol. The molecule has 5 heteroatoms. The molecular formula is C25H27FN4. The lowest BCUT2D eigenvalue weighted by atomic mass is 9.58. The van der Waals surface area contributed by atoms with Gasteiger partial charge in [-0.2, -0.15) is 0 Å². The highest BCUT2D eigenvalue weighted by Crippen LogP contribution is 2.50. The fourth-order valence-corrected chi connectivity index (χ4v) is 6.27. The molecule has 3 fully saturated rings. The van der Waals surface area contributed by atoms with Crippen LogP contribution in [0.1, 0.15) is 38.3 Å². The summed E-state index contributed by atoms with van der Waals surface area (Å²) < 4.78 is 16.1. The van der Waals surface area contributed by atoms with Gasteiger partial charge in [-0.15, -0.1) is 0 Å². The van der Waals surface area contributed by atoms with Crippen molar-refractivity contribution < 1.29 is 4.39 Å². The van der Waals surface area contributed by atoms with Gasteiger partial charge in [0.1, 0.15) is 11.5 Å². The molecule has 0 aromatic carbocycles. The lowest BCUT2D eigenvalue weighted by Crippen LogP contribution is -2.39. The van der Waals surface area contributed by atoms with E-state index >= 15 is 0 Å². The van der Waals surface area contributed by atoms with Crippen molar-refractivity contribution in [3.05, 3.63) is 48.3 Å². The van der Waals surface area contributed by atoms with Crippen molar-refractivity contribution in [1.29, 1.82) is 0 Å². The van der Waals surface area contributed by atoms with E-state index in [1.54, 1.807) is 6.07 Å². The van der Waals surface area contributed by atoms with E-state index in [1.165, 1.54) is 48.5 Å². The average Bonchev–Trinajstić information content (AvgIpc) is 3.34. The fraction of sp³-hybridized carbons (Fsp3) is 0.440. The van der Waals surface area contributed by atoms with Gasteiger partial charge in [0.25, 0.3) is 0 Å². The maximum atomic E-state index is 13.9. The van der Waals surface area contributed by atoms with Crippen molar-refractivity contribution in [3.8, 4) is 11.3 Å². The first kappa shape index (κ1) is 18.1. The SMILES string of the molecule is C[C@H]1C2CCC(CC2)[C@@H]1Cc1nc(-c2c[nH]c3ncc(F)cc23)cc2c1ccn2C. The van der Waals surface area contributed by atoms with Crippen LogP contribution in [0.15, 0.2) is 36.8 Å². The van der Waals surface area contributed by atoms with Crippen LogP contribution in [-0.4, -0.2) is 19.5 Å². The Balaban J connectivity index is 1.48. The number of fused-ring (bicyclic) bond motifs is 5. The molecule has 30 heavy (non-hydrogen) atoms. The molecule has 1 N–H and O–H groups in total. The molecule has 2 bridgehead atoms. The Morgan fingerprint density at radius 3 is 2.73 bits per heavy atom. The van der Waals surface area contributed by atoms with Gasteiger partial charge in [0, 0.05) is 35.8 Å². The molecule has 3 saturated carbocycles. The number of nitrogens with zero attached hydrogens (tertiary/aromatic N) is 3. The molecule has 2 atom stereocenters. The molecule has 4 aromatic heterocycles. The Bertz CT molecular complexity index is 1240. The second kappa shape index (κ2) is 6.66. The van der Waals surface area contributed by atoms with Crippen molar-refractivity contribution >= 4 is 21.9 Å². The van der Waals surface area contributed by atoms with Gasteiger partial charge in [-0.25, -0.2) is 9.37 Å². The van der Waals surface area contributed by atoms with E-state index in [4.69, 9.17) is 4.98 Å². The molecule has 0 aliphatic heterocycles. The quantitative estimate of drug-likeness (QED) is 0.466. The van der Waals surface area contributed by atoms with Gasteiger partial charge in [0.2, 0.25) is 0 Å². The van der Waals surface area contributed by atoms with Crippen molar-refractivity contribution in [1.82, 2.24) is 19.5 Å². The van der Waals surface area contributed by atoms with Crippen LogP contribution in [0.25, 0.3) is 33.2 Å². The number of hydrogen-bond acceptors (Lipinski definition) is 2. The van der Waals surface area contributed by atoms with Gasteiger partial charge in [-0.3, -0.25) is 4.98 Å². The number of hydrogen-bond donors (Lipinski definition) is 1. The number of rotatable bonds is 3. The van der Waals surface area contributed by atoms with E-state index in [0.717, 1.165) is 40.8 Å². The summed E-state index contributed by atoms with van der Waals surface area (Å²) >= 11 is 0. The van der Waals surface area contributed by atoms with E-state index in [1.807, 2.05) is 6.20 Å². The van der Waals surface area contributed by atoms with Crippen LogP contribution in [-0.2, 0) is 13.5 Å². The van der Waals surface area contributed by atoms with Crippen molar-refractivity contribution in [3.63, 3.8) is 0 Å². The maximum absolute atomic E-state index is 13.9. The topological polar surface area (TPSA) is 46.5 Å². The fourth-order valence-electron chi connectivity index (χ4n) is 6.27. The van der Waals surface area contributed by atoms with E-state index in [-0.39, 0.29) is 5.82 Å². The van der Waals surface area contributed by atoms with E-state index in [0.29, 0.717) is 11.6 Å². The standard InChI is InChI=1S/C25H27FN4/c1-14-15-3-5-16(6-4-15)19(14)10-22-18-7-8-30(2)24(18)11-23(29-22)21-13-28-25-20(21)9-17(26)12-27-25/h7-9,11-16,19H,3-6,10H2,1-2H3,(H,27,28)/t14-,15?,16?,19+/m0/s1. The maximum Gasteiger partial charge on any atom is 0.142 e. The first-order chi connectivity index (χ1) is 14.6. The summed E-state index contributed by atoms with van der Waals surface area (Å²) in [6.45, 7) is 2.46. The van der Waals surface area contributed by atoms with Crippen LogP contribution in [0.2, 0.25) is 0 Å². The molecule has 4 heterocycles. The van der Waals surface area contributed by atoms with Gasteiger partial charge in [0.05, 0.1) is 23.1 Å². The monoisotopic (exact) mass is 402 g/mol. The second-order valence-corrected chi connectivity index (χ2v) is 9.47. The Morgan fingerprint density at radius 2 is 1.93 bits per heavy atom. The van der Waals surface area contributed by atoms with Crippen LogP contribution >= 0.6 is 0 Å². The summed E-state index contributed by atoms with van der Waals surface area (Å²) in [6, 6.07) is 5.87. The second-order valence-electron chi connectivity index (χ2n) is 9.47. The molecule has 3 aliphatic carbocycles. The van der Waals surface area contributed by atoms with Gasteiger partial charge < -0.3 is 9.55 Å². The number of halogens is 1. The lowest BCUT2D eigenvalue weighted by molar-refractivity contribution is 0.0341. The van der Waals surface area contributed by atoms with E-state index in [9.17, 15) is 4.39 Å². The zero-order chi connectivity index (χ0) is 20.4. The normalized spacial score (nSPS) is 26.1. The minimum absolute atomic E-state index is 0.324. The Kier molecular flexibility index (Phi) is 4.02. The molecule has 7 rings (SSSR count). The minimum Gasteiger partial charge on any atom is -0.350 e. The Morgan fingerprint density at radius 1 is 1.13 bits per heavy atom. The first-order valence-electron chi connectivity index (χ1n) is 11.2. The third-order valence-corrected chi connectivity index (χ3v) is 8.00. The van der Waals surface area contributed by atoms with Crippen LogP contribution in [0, 0.1) is 29.5 Å². The molecular weight excluding hydrogens is 375 g/mol. The summed E-state index contributed by atoms with van der Waals surface area (Å²) in [5.41, 5.74) is 4.87. The summed E-state index contributed by atoms with van der Waals surface area (Å²) in [7, 11) is 2.08. The number of H-pyrrole nitrogens is 1. The Labute approximate surface area is 175 Å². The van der Waals surface area contributed by atoms with Crippen molar-refractivity contribution in [2.75, 3.05) is 0 Å². The predicted octanol–water partition coefficient (Wildman–Crippen LogP) is 5.87. The van der Waals surface area contributed by atoms with Gasteiger partial charge in [0.15, 0.2) is 0 Å². The van der Waals surface area contributed by atoms with Crippen molar-refractivity contribution in [2.45, 2.75) is 39.0 Å². The van der Waals surface area contributed by atoms with Crippen LogP contribution < -0.4 is 0 Å². The third kappa shape index (κ3) is 2.71. The lowest BCUT2D eigenvalue weighted by Gasteiger charge is -2.47. The number of aromatic nitrogens is 4. The smallest absolute Gasteiger partial charge is 0.142 e. The highest BCUT2D eigenvalue weighted by atomic mass is 19.1. The minimum atomic E-state index is -0.324. The molecule has 0 unspecified atom stereocenters. The van der Waals surface area contributed by atoms with Crippen LogP contribution in [0.4, 0.5) is 4.39 Å². The molecule has 0 saturated heterocycles. The Hall–Kier alpha value is -2.69. The highest BCUT2D eigenvalue weighted by molar-refractivity contribution is 5.95. The van der Waals surface area contributed by atoms with E-state index in [2.05, 4.69) is 46.8 Å². The largest absolute Gasteiger partial charge is 0.350 e. The molecule has 4 nitrogen and oxygen atoms in total. The first-order valence-corrected chi connectivity index (χ1v) is 11.2. The number of aryl methyl sites for hydroxylation is 1. The van der Waals surface area contributed by atoms with E-state index < -0.39 is 0 Å². The summed E-state index contributed by atoms with van der Waals surface area (Å²) in [5.74, 6) is 2.88. The molecule has 0 radical (unpaired) electrons. The van der Waals surface area contributed by atoms with Gasteiger partial charge in [-0.1, -0.05) is 6.92 Å². The zero-order valence-electron chi connectivity index (χ0n) is 17.5. The summed E-state index contributed by atoms with van der Waals surface area (Å²) in [5, 5.41) is 2.03. The summed E-state index contributed by atoms with van der Waals surface area (Å²) in [4.78, 5) is 12.5. The number of aromatic amines is 1. The van der Waals surface area contributed by atoms with Crippen LogP contribution in [0.5, 0.6) is 0 Å². The average molecular weight is 403 g/mol. The molecule has 0 amide bonds. The number of pyridine rings is 2. The molecule has 4 aromatic rings. The number of nitrogens with one attached hydrogen (secondary N) is 1. The summed E-state index contributed by atoms with van der Waals surface area (Å²) in [6.07, 6.45) is 11.9. The zero-order valence-corrected chi connectivity index (χ0v) is 17.5. The highest BCUT2D eigenvalue weighted by Gasteiger charge is 2.41. The molecule has 154 valence electrons. The van der Waals surface area contributed by atoms with Crippen molar-refractivity contribution in [2.24, 2.45) is 30.7 Å². The van der Waals surface area contributed by atoms with Gasteiger partial charge >= 0.3 is 0 Å². The van der Waals surface area contributed by atoms with Crippen LogP contribution in [0.3, 0.4) is 0 Å². The molecule has 0 spiro atoms. The van der Waals surface area contributed by atoms with Gasteiger partial charge in [-0.05, 0) is 74.0 Å². The molecule has 3 aliphatic rings.